The van der Waals surface area contributed by atoms with Crippen molar-refractivity contribution in [2.45, 2.75) is 95.9 Å². The summed E-state index contributed by atoms with van der Waals surface area (Å²) in [6.07, 6.45) is 2.97. The van der Waals surface area contributed by atoms with Crippen LogP contribution in [0.1, 0.15) is 69.6 Å². The summed E-state index contributed by atoms with van der Waals surface area (Å²) in [4.78, 5) is 105. The Morgan fingerprint density at radius 3 is 1.78 bits per heavy atom. The van der Waals surface area contributed by atoms with Crippen molar-refractivity contribution in [2.24, 2.45) is 50.3 Å². The van der Waals surface area contributed by atoms with Crippen molar-refractivity contribution < 1.29 is 38.0 Å². The first-order chi connectivity index (χ1) is 32.3. The molecule has 3 aromatic carbocycles. The zero-order chi connectivity index (χ0) is 50.3. The summed E-state index contributed by atoms with van der Waals surface area (Å²) in [5, 5.41) is 10.7. The topological polar surface area (TPSA) is 352 Å². The number of rotatable bonds is 26. The van der Waals surface area contributed by atoms with Gasteiger partial charge in [0.1, 0.15) is 36.0 Å². The largest absolute Gasteiger partial charge is 0.370 e. The molecule has 0 fully saturated rings. The van der Waals surface area contributed by atoms with Crippen LogP contribution in [0.25, 0.3) is 6.08 Å². The van der Waals surface area contributed by atoms with Gasteiger partial charge in [-0.15, -0.1) is 0 Å². The summed E-state index contributed by atoms with van der Waals surface area (Å²) in [6, 6.07) is 13.6. The van der Waals surface area contributed by atoms with E-state index in [9.17, 15) is 38.0 Å². The molecule has 0 heterocycles. The maximum absolute atomic E-state index is 14.6. The second-order valence-corrected chi connectivity index (χ2v) is 16.4. The Hall–Kier alpha value is -7.68. The Morgan fingerprint density at radius 1 is 0.662 bits per heavy atom. The molecule has 3 rings (SSSR count). The quantitative estimate of drug-likeness (QED) is 0.0224. The molecule has 0 aliphatic rings. The van der Waals surface area contributed by atoms with Crippen LogP contribution in [0.5, 0.6) is 0 Å². The number of carbonyl (C=O) groups is 7. The number of primary amides is 1. The van der Waals surface area contributed by atoms with E-state index in [2.05, 4.69) is 31.3 Å². The number of hydrogen-bond donors (Lipinski definition) is 10. The van der Waals surface area contributed by atoms with E-state index in [0.717, 1.165) is 30.0 Å². The molecule has 0 bridgehead atoms. The summed E-state index contributed by atoms with van der Waals surface area (Å²) in [6.45, 7) is 5.05. The summed E-state index contributed by atoms with van der Waals surface area (Å²) in [5.74, 6) is -6.85. The van der Waals surface area contributed by atoms with Crippen molar-refractivity contribution in [1.29, 1.82) is 0 Å². The molecule has 7 amide bonds. The SMILES string of the molecule is CC(=O)N(C(=O)/C=C/c1ccccc1)[C@@H](Cc1ccc(F)cc1)C(=O)N[C@@H](Cc1ccc(N=C(N)N)cc1)C(=O)N[C@@H](CC(C)C)C(=O)N[C@@H](CCCN=C(N)N)C(=O)N[C@@H](CCCN)C(N)=O. The molecule has 3 aromatic rings. The lowest BCUT2D eigenvalue weighted by Crippen LogP contribution is -2.60. The minimum absolute atomic E-state index is 0.00888. The maximum Gasteiger partial charge on any atom is 0.253 e. The molecule has 68 heavy (non-hydrogen) atoms. The zero-order valence-corrected chi connectivity index (χ0v) is 38.5. The van der Waals surface area contributed by atoms with Crippen molar-refractivity contribution in [1.82, 2.24) is 26.2 Å². The predicted molar refractivity (Wildman–Crippen MR) is 257 cm³/mol. The summed E-state index contributed by atoms with van der Waals surface area (Å²) in [5.41, 5.74) is 35.1. The Labute approximate surface area is 395 Å². The first kappa shape index (κ1) is 54.7. The molecule has 5 atom stereocenters. The van der Waals surface area contributed by atoms with Gasteiger partial charge >= 0.3 is 0 Å². The molecule has 0 aliphatic heterocycles. The minimum Gasteiger partial charge on any atom is -0.370 e. The third-order valence-electron chi connectivity index (χ3n) is 10.3. The number of benzene rings is 3. The Kier molecular flexibility index (Phi) is 22.3. The van der Waals surface area contributed by atoms with Gasteiger partial charge in [0.25, 0.3) is 5.91 Å². The first-order valence-corrected chi connectivity index (χ1v) is 22.0. The number of imide groups is 1. The number of nitrogens with one attached hydrogen (secondary N) is 4. The van der Waals surface area contributed by atoms with E-state index < -0.39 is 77.4 Å². The number of aliphatic imine (C=N–C) groups is 2. The van der Waals surface area contributed by atoms with Crippen molar-refractivity contribution in [2.75, 3.05) is 13.1 Å². The predicted octanol–water partition coefficient (Wildman–Crippen LogP) is 0.236. The van der Waals surface area contributed by atoms with Crippen molar-refractivity contribution in [3.8, 4) is 0 Å². The van der Waals surface area contributed by atoms with E-state index in [0.29, 0.717) is 28.8 Å². The van der Waals surface area contributed by atoms with E-state index in [-0.39, 0.29) is 69.5 Å². The lowest BCUT2D eigenvalue weighted by molar-refractivity contribution is -0.148. The molecular formula is C47H64FN13O7. The van der Waals surface area contributed by atoms with Crippen LogP contribution in [-0.2, 0) is 46.4 Å². The highest BCUT2D eigenvalue weighted by Crippen LogP contribution is 2.18. The average molecular weight is 942 g/mol. The molecule has 21 heteroatoms. The molecular weight excluding hydrogens is 878 g/mol. The maximum atomic E-state index is 14.6. The number of amides is 7. The number of nitrogens with zero attached hydrogens (tertiary/aromatic N) is 3. The summed E-state index contributed by atoms with van der Waals surface area (Å²) in [7, 11) is 0. The highest BCUT2D eigenvalue weighted by atomic mass is 19.1. The molecule has 20 nitrogen and oxygen atoms in total. The molecule has 0 saturated carbocycles. The molecule has 0 radical (unpaired) electrons. The lowest BCUT2D eigenvalue weighted by atomic mass is 9.99. The fraction of sp³-hybridized carbons (Fsp3) is 0.383. The molecule has 0 unspecified atom stereocenters. The van der Waals surface area contributed by atoms with Crippen molar-refractivity contribution in [3.05, 3.63) is 107 Å². The standard InChI is InChI=1S/C47H64FN13O7/c1-28(2)25-37(43(66)58-36(12-8-24-55-46(51)52)42(65)57-35(41(50)64)11-7-23-49)59-44(67)38(26-31-15-20-34(21-16-31)56-47(53)54)60-45(68)39(27-32-13-18-33(48)19-14-32)61(29(3)62)40(63)22-17-30-9-5-4-6-10-30/h4-6,9-10,13-22,28,35-39H,7-8,11-12,23-27,49H2,1-3H3,(H2,50,64)(H,57,65)(H,58,66)(H,59,67)(H,60,68)(H4,51,52,55)(H4,53,54,56)/b22-17+/t35-,36-,37-,38-,39-/m0/s1. The molecule has 366 valence electrons. The van der Waals surface area contributed by atoms with Crippen LogP contribution in [0.4, 0.5) is 10.1 Å². The van der Waals surface area contributed by atoms with Crippen LogP contribution in [0.2, 0.25) is 0 Å². The van der Waals surface area contributed by atoms with Crippen LogP contribution < -0.4 is 55.7 Å². The summed E-state index contributed by atoms with van der Waals surface area (Å²) < 4.78 is 14.0. The second-order valence-electron chi connectivity index (χ2n) is 16.4. The first-order valence-electron chi connectivity index (χ1n) is 22.0. The van der Waals surface area contributed by atoms with Crippen LogP contribution in [-0.4, -0.2) is 101 Å². The molecule has 0 spiro atoms. The van der Waals surface area contributed by atoms with Crippen LogP contribution in [0, 0.1) is 11.7 Å². The van der Waals surface area contributed by atoms with Gasteiger partial charge in [-0.2, -0.15) is 0 Å². The molecule has 0 aliphatic carbocycles. The van der Waals surface area contributed by atoms with Gasteiger partial charge in [-0.1, -0.05) is 68.4 Å². The number of halogens is 1. The highest BCUT2D eigenvalue weighted by Gasteiger charge is 2.36. The number of guanidine groups is 2. The van der Waals surface area contributed by atoms with Crippen LogP contribution in [0.15, 0.2) is 94.9 Å². The van der Waals surface area contributed by atoms with E-state index in [1.807, 2.05) is 0 Å². The molecule has 0 saturated heterocycles. The normalized spacial score (nSPS) is 13.2. The fourth-order valence-electron chi connectivity index (χ4n) is 6.95. The van der Waals surface area contributed by atoms with Gasteiger partial charge in [0, 0.05) is 32.4 Å². The third kappa shape index (κ3) is 19.0. The Bertz CT molecular complexity index is 2270. The zero-order valence-electron chi connectivity index (χ0n) is 38.5. The number of carbonyl (C=O) groups excluding carboxylic acids is 7. The van der Waals surface area contributed by atoms with Gasteiger partial charge < -0.3 is 55.7 Å². The van der Waals surface area contributed by atoms with Gasteiger partial charge in [0.15, 0.2) is 11.9 Å². The van der Waals surface area contributed by atoms with Gasteiger partial charge in [-0.25, -0.2) is 9.38 Å². The van der Waals surface area contributed by atoms with Gasteiger partial charge in [0.05, 0.1) is 5.69 Å². The van der Waals surface area contributed by atoms with Crippen molar-refractivity contribution in [3.63, 3.8) is 0 Å². The van der Waals surface area contributed by atoms with E-state index in [4.69, 9.17) is 34.4 Å². The monoisotopic (exact) mass is 942 g/mol. The molecule has 0 aromatic heterocycles. The summed E-state index contributed by atoms with van der Waals surface area (Å²) >= 11 is 0. The lowest BCUT2D eigenvalue weighted by Gasteiger charge is -2.30. The van der Waals surface area contributed by atoms with Gasteiger partial charge in [-0.05, 0) is 91.6 Å². The van der Waals surface area contributed by atoms with Crippen molar-refractivity contribution >= 4 is 65.0 Å². The number of hydrogen-bond acceptors (Lipinski definition) is 10. The average Bonchev–Trinajstić information content (AvgIpc) is 3.28. The second kappa shape index (κ2) is 27.7. The molecule has 16 N–H and O–H groups in total. The Balaban J connectivity index is 2.06. The van der Waals surface area contributed by atoms with Gasteiger partial charge in [0.2, 0.25) is 35.4 Å². The van der Waals surface area contributed by atoms with E-state index in [1.54, 1.807) is 68.4 Å². The van der Waals surface area contributed by atoms with Crippen LogP contribution in [0.3, 0.4) is 0 Å². The Morgan fingerprint density at radius 2 is 1.21 bits per heavy atom. The van der Waals surface area contributed by atoms with Gasteiger partial charge in [-0.3, -0.25) is 43.5 Å². The van der Waals surface area contributed by atoms with E-state index >= 15 is 0 Å². The fourth-order valence-corrected chi connectivity index (χ4v) is 6.95. The van der Waals surface area contributed by atoms with Crippen LogP contribution >= 0.6 is 0 Å². The van der Waals surface area contributed by atoms with E-state index in [1.165, 1.54) is 18.2 Å². The smallest absolute Gasteiger partial charge is 0.253 e. The minimum atomic E-state index is -1.56. The third-order valence-corrected chi connectivity index (χ3v) is 10.3. The number of nitrogens with two attached hydrogens (primary N) is 6. The highest BCUT2D eigenvalue weighted by molar-refractivity contribution is 6.06.